The molecule has 0 aromatic carbocycles. The van der Waals surface area contributed by atoms with Gasteiger partial charge in [0.2, 0.25) is 0 Å². The van der Waals surface area contributed by atoms with Crippen molar-refractivity contribution in [2.24, 2.45) is 23.7 Å². The summed E-state index contributed by atoms with van der Waals surface area (Å²) in [5.74, 6) is 4.28. The van der Waals surface area contributed by atoms with E-state index in [1.54, 1.807) is 6.42 Å². The molecule has 1 unspecified atom stereocenters. The highest BCUT2D eigenvalue weighted by Crippen LogP contribution is 2.45. The van der Waals surface area contributed by atoms with Crippen molar-refractivity contribution in [1.29, 1.82) is 0 Å². The lowest BCUT2D eigenvalue weighted by atomic mass is 9.64. The van der Waals surface area contributed by atoms with Crippen LogP contribution in [0.4, 0.5) is 0 Å². The lowest BCUT2D eigenvalue weighted by molar-refractivity contribution is 0.0892. The third-order valence-corrected chi connectivity index (χ3v) is 4.27. The van der Waals surface area contributed by atoms with Crippen LogP contribution in [-0.4, -0.2) is 0 Å². The number of fused-ring (bicyclic) bond motifs is 1. The Morgan fingerprint density at radius 2 is 1.75 bits per heavy atom. The Bertz CT molecular complexity index is 150. The monoisotopic (exact) mass is 166 g/mol. The van der Waals surface area contributed by atoms with E-state index in [0.717, 1.165) is 23.7 Å². The van der Waals surface area contributed by atoms with E-state index in [0.29, 0.717) is 0 Å². The molecule has 0 aromatic heterocycles. The minimum absolute atomic E-state index is 1.02. The molecule has 2 aliphatic carbocycles. The van der Waals surface area contributed by atoms with Crippen molar-refractivity contribution in [2.45, 2.75) is 52.4 Å². The van der Waals surface area contributed by atoms with Gasteiger partial charge in [-0.3, -0.25) is 0 Å². The molecule has 0 aromatic rings. The van der Waals surface area contributed by atoms with Gasteiger partial charge in [0, 0.05) is 0 Å². The summed E-state index contributed by atoms with van der Waals surface area (Å²) in [5.41, 5.74) is 0. The van der Waals surface area contributed by atoms with Crippen molar-refractivity contribution < 1.29 is 0 Å². The maximum absolute atomic E-state index is 2.48. The normalized spacial score (nSPS) is 48.5. The van der Waals surface area contributed by atoms with Gasteiger partial charge in [-0.1, -0.05) is 39.5 Å². The van der Waals surface area contributed by atoms with E-state index >= 15 is 0 Å². The van der Waals surface area contributed by atoms with Crippen LogP contribution in [0.1, 0.15) is 52.4 Å². The van der Waals surface area contributed by atoms with Crippen molar-refractivity contribution in [2.75, 3.05) is 0 Å². The first-order valence-electron chi connectivity index (χ1n) is 5.77. The average molecular weight is 166 g/mol. The van der Waals surface area contributed by atoms with Crippen molar-refractivity contribution in [1.82, 2.24) is 0 Å². The zero-order valence-corrected chi connectivity index (χ0v) is 8.55. The van der Waals surface area contributed by atoms with E-state index in [9.17, 15) is 0 Å². The van der Waals surface area contributed by atoms with Gasteiger partial charge in [-0.15, -0.1) is 0 Å². The molecule has 2 saturated carbocycles. The Balaban J connectivity index is 1.99. The highest BCUT2D eigenvalue weighted by molar-refractivity contribution is 4.85. The van der Waals surface area contributed by atoms with Gasteiger partial charge in [-0.25, -0.2) is 0 Å². The third-order valence-electron chi connectivity index (χ3n) is 4.27. The summed E-state index contributed by atoms with van der Waals surface area (Å²) in [4.78, 5) is 0. The molecule has 0 aliphatic heterocycles. The van der Waals surface area contributed by atoms with Crippen LogP contribution in [0.15, 0.2) is 0 Å². The maximum Gasteiger partial charge on any atom is -0.0360 e. The van der Waals surface area contributed by atoms with Gasteiger partial charge in [0.05, 0.1) is 0 Å². The third kappa shape index (κ3) is 1.53. The Morgan fingerprint density at radius 1 is 0.917 bits per heavy atom. The molecule has 4 atom stereocenters. The molecule has 70 valence electrons. The van der Waals surface area contributed by atoms with Gasteiger partial charge >= 0.3 is 0 Å². The first kappa shape index (κ1) is 8.59. The molecular weight excluding hydrogens is 144 g/mol. The molecule has 0 radical (unpaired) electrons. The Hall–Kier alpha value is 0. The predicted molar refractivity (Wildman–Crippen MR) is 53.0 cm³/mol. The number of hydrogen-bond acceptors (Lipinski definition) is 0. The standard InChI is InChI=1S/C12H22/c1-9-6-7-12-10(2)4-3-5-11(12)8-9/h9-12H,3-8H2,1-2H3/t9-,10-,11+,12?/m1/s1. The Morgan fingerprint density at radius 3 is 2.58 bits per heavy atom. The fraction of sp³-hybridized carbons (Fsp3) is 1.00. The Labute approximate surface area is 76.7 Å². The summed E-state index contributed by atoms with van der Waals surface area (Å²) in [6.07, 6.45) is 9.14. The van der Waals surface area contributed by atoms with Crippen LogP contribution in [0.2, 0.25) is 0 Å². The van der Waals surface area contributed by atoms with E-state index in [4.69, 9.17) is 0 Å². The van der Waals surface area contributed by atoms with Gasteiger partial charge < -0.3 is 0 Å². The first-order valence-corrected chi connectivity index (χ1v) is 5.77. The fourth-order valence-corrected chi connectivity index (χ4v) is 3.52. The van der Waals surface area contributed by atoms with Crippen LogP contribution in [0, 0.1) is 23.7 Å². The predicted octanol–water partition coefficient (Wildman–Crippen LogP) is 3.86. The minimum Gasteiger partial charge on any atom is -0.0625 e. The van der Waals surface area contributed by atoms with Gasteiger partial charge in [0.15, 0.2) is 0 Å². The summed E-state index contributed by atoms with van der Waals surface area (Å²) in [6, 6.07) is 0. The molecule has 2 rings (SSSR count). The van der Waals surface area contributed by atoms with Crippen LogP contribution < -0.4 is 0 Å². The van der Waals surface area contributed by atoms with Crippen LogP contribution >= 0.6 is 0 Å². The molecule has 0 heterocycles. The van der Waals surface area contributed by atoms with Gasteiger partial charge in [0.25, 0.3) is 0 Å². The second kappa shape index (κ2) is 3.40. The summed E-state index contributed by atoms with van der Waals surface area (Å²) in [7, 11) is 0. The largest absolute Gasteiger partial charge is 0.0625 e. The topological polar surface area (TPSA) is 0 Å². The fourth-order valence-electron chi connectivity index (χ4n) is 3.52. The van der Waals surface area contributed by atoms with Gasteiger partial charge in [0.1, 0.15) is 0 Å². The lowest BCUT2D eigenvalue weighted by Gasteiger charge is -2.42. The van der Waals surface area contributed by atoms with E-state index in [-0.39, 0.29) is 0 Å². The van der Waals surface area contributed by atoms with Gasteiger partial charge in [-0.05, 0) is 36.5 Å². The van der Waals surface area contributed by atoms with Crippen molar-refractivity contribution in [3.8, 4) is 0 Å². The minimum atomic E-state index is 1.02. The van der Waals surface area contributed by atoms with Crippen molar-refractivity contribution in [3.63, 3.8) is 0 Å². The molecule has 2 aliphatic rings. The molecule has 12 heavy (non-hydrogen) atoms. The number of hydrogen-bond donors (Lipinski definition) is 0. The summed E-state index contributed by atoms with van der Waals surface area (Å²) >= 11 is 0. The second-order valence-electron chi connectivity index (χ2n) is 5.25. The summed E-state index contributed by atoms with van der Waals surface area (Å²) in [6.45, 7) is 4.92. The van der Waals surface area contributed by atoms with Crippen LogP contribution in [0.5, 0.6) is 0 Å². The molecule has 0 nitrogen and oxygen atoms in total. The van der Waals surface area contributed by atoms with Crippen LogP contribution in [0.25, 0.3) is 0 Å². The molecule has 2 fully saturated rings. The first-order chi connectivity index (χ1) is 5.77. The van der Waals surface area contributed by atoms with Crippen molar-refractivity contribution >= 4 is 0 Å². The molecule has 0 saturated heterocycles. The zero-order valence-electron chi connectivity index (χ0n) is 8.55. The summed E-state index contributed by atoms with van der Waals surface area (Å²) in [5, 5.41) is 0. The molecule has 0 amide bonds. The quantitative estimate of drug-likeness (QED) is 0.512. The molecular formula is C12H22. The second-order valence-corrected chi connectivity index (χ2v) is 5.25. The van der Waals surface area contributed by atoms with E-state index in [1.807, 2.05) is 0 Å². The Kier molecular flexibility index (Phi) is 2.43. The lowest BCUT2D eigenvalue weighted by Crippen LogP contribution is -2.31. The highest BCUT2D eigenvalue weighted by Gasteiger charge is 2.34. The number of rotatable bonds is 0. The zero-order chi connectivity index (χ0) is 8.55. The van der Waals surface area contributed by atoms with Crippen LogP contribution in [-0.2, 0) is 0 Å². The van der Waals surface area contributed by atoms with Gasteiger partial charge in [-0.2, -0.15) is 0 Å². The maximum atomic E-state index is 2.48. The highest BCUT2D eigenvalue weighted by atomic mass is 14.4. The SMILES string of the molecule is C[C@@H]1CCC2[C@@H](CCC[C@H]2C)C1. The molecule has 0 bridgehead atoms. The average Bonchev–Trinajstić information content (AvgIpc) is 2.04. The van der Waals surface area contributed by atoms with Crippen molar-refractivity contribution in [3.05, 3.63) is 0 Å². The molecule has 0 spiro atoms. The summed E-state index contributed by atoms with van der Waals surface area (Å²) < 4.78 is 0. The van der Waals surface area contributed by atoms with E-state index in [1.165, 1.54) is 32.1 Å². The van der Waals surface area contributed by atoms with E-state index < -0.39 is 0 Å². The molecule has 0 heteroatoms. The molecule has 0 N–H and O–H groups in total. The smallest absolute Gasteiger partial charge is 0.0360 e. The van der Waals surface area contributed by atoms with E-state index in [2.05, 4.69) is 13.8 Å². The van der Waals surface area contributed by atoms with Crippen LogP contribution in [0.3, 0.4) is 0 Å².